The van der Waals surface area contributed by atoms with Crippen LogP contribution in [-0.4, -0.2) is 27.8 Å². The summed E-state index contributed by atoms with van der Waals surface area (Å²) in [5, 5.41) is 0.779. The number of ether oxygens (including phenoxy) is 1. The molecule has 1 heterocycles. The van der Waals surface area contributed by atoms with Crippen LogP contribution in [0.15, 0.2) is 5.16 Å². The van der Waals surface area contributed by atoms with E-state index in [-0.39, 0.29) is 17.1 Å². The lowest BCUT2D eigenvalue weighted by molar-refractivity contribution is -0.115. The molecule has 0 aliphatic rings. The molecule has 0 aromatic carbocycles. The molecule has 0 saturated heterocycles. The van der Waals surface area contributed by atoms with Crippen molar-refractivity contribution in [1.82, 2.24) is 9.55 Å². The standard InChI is InChI=1S/C12H20IN3O2S/c1-5-18-7-16-10(13)9(12(2,3)4)15-11(16)19-6-8(14)17/h5-7H2,1-4H3,(H2,14,17). The minimum absolute atomic E-state index is 0.0456. The molecule has 1 rings (SSSR count). The van der Waals surface area contributed by atoms with Crippen LogP contribution >= 0.6 is 34.4 Å². The fourth-order valence-corrected chi connectivity index (χ4v) is 3.62. The van der Waals surface area contributed by atoms with Gasteiger partial charge in [0.05, 0.1) is 11.4 Å². The number of rotatable bonds is 6. The number of hydrogen-bond donors (Lipinski definition) is 1. The minimum atomic E-state index is -0.344. The summed E-state index contributed by atoms with van der Waals surface area (Å²) >= 11 is 3.62. The van der Waals surface area contributed by atoms with Crippen LogP contribution in [-0.2, 0) is 21.7 Å². The lowest BCUT2D eigenvalue weighted by atomic mass is 9.93. The summed E-state index contributed by atoms with van der Waals surface area (Å²) in [4.78, 5) is 15.6. The molecule has 1 aromatic rings. The van der Waals surface area contributed by atoms with Crippen molar-refractivity contribution in [2.24, 2.45) is 5.73 Å². The first kappa shape index (κ1) is 16.8. The van der Waals surface area contributed by atoms with Gasteiger partial charge in [-0.1, -0.05) is 32.5 Å². The molecule has 0 fully saturated rings. The second-order valence-electron chi connectivity index (χ2n) is 5.09. The number of carbonyl (C=O) groups is 1. The van der Waals surface area contributed by atoms with Crippen LogP contribution in [0, 0.1) is 3.70 Å². The summed E-state index contributed by atoms with van der Waals surface area (Å²) in [7, 11) is 0. The first-order valence-electron chi connectivity index (χ1n) is 6.02. The van der Waals surface area contributed by atoms with E-state index in [1.54, 1.807) is 0 Å². The van der Waals surface area contributed by atoms with Crippen LogP contribution in [0.5, 0.6) is 0 Å². The predicted octanol–water partition coefficient (Wildman–Crippen LogP) is 2.36. The Bertz CT molecular complexity index is 455. The topological polar surface area (TPSA) is 70.1 Å². The number of thioether (sulfide) groups is 1. The van der Waals surface area contributed by atoms with E-state index >= 15 is 0 Å². The summed E-state index contributed by atoms with van der Waals surface area (Å²) < 4.78 is 8.49. The Hall–Kier alpha value is -0.280. The molecule has 108 valence electrons. The number of carbonyl (C=O) groups excluding carboxylic acids is 1. The van der Waals surface area contributed by atoms with E-state index in [2.05, 4.69) is 48.3 Å². The zero-order valence-electron chi connectivity index (χ0n) is 11.7. The second kappa shape index (κ2) is 6.94. The second-order valence-corrected chi connectivity index (χ2v) is 7.05. The molecule has 0 aliphatic heterocycles. The number of nitrogens with two attached hydrogens (primary N) is 1. The Morgan fingerprint density at radius 2 is 2.16 bits per heavy atom. The van der Waals surface area contributed by atoms with E-state index in [4.69, 9.17) is 10.5 Å². The summed E-state index contributed by atoms with van der Waals surface area (Å²) in [5.74, 6) is -0.119. The SMILES string of the molecule is CCOCn1c(SCC(N)=O)nc(C(C)(C)C)c1I. The molecular formula is C12H20IN3O2S. The van der Waals surface area contributed by atoms with E-state index in [1.165, 1.54) is 11.8 Å². The summed E-state index contributed by atoms with van der Waals surface area (Å²) in [5.41, 5.74) is 6.16. The van der Waals surface area contributed by atoms with E-state index < -0.39 is 0 Å². The van der Waals surface area contributed by atoms with Crippen molar-refractivity contribution < 1.29 is 9.53 Å². The van der Waals surface area contributed by atoms with Gasteiger partial charge in [-0.25, -0.2) is 4.98 Å². The number of primary amides is 1. The highest BCUT2D eigenvalue weighted by Gasteiger charge is 2.25. The van der Waals surface area contributed by atoms with Gasteiger partial charge in [-0.15, -0.1) is 0 Å². The summed E-state index contributed by atoms with van der Waals surface area (Å²) in [6.07, 6.45) is 0. The number of hydrogen-bond acceptors (Lipinski definition) is 4. The van der Waals surface area contributed by atoms with Gasteiger partial charge < -0.3 is 10.5 Å². The average Bonchev–Trinajstić information content (AvgIpc) is 2.60. The lowest BCUT2D eigenvalue weighted by Crippen LogP contribution is -2.15. The zero-order valence-corrected chi connectivity index (χ0v) is 14.7. The van der Waals surface area contributed by atoms with Gasteiger partial charge in [0.1, 0.15) is 10.4 Å². The Morgan fingerprint density at radius 1 is 1.53 bits per heavy atom. The predicted molar refractivity (Wildman–Crippen MR) is 85.2 cm³/mol. The van der Waals surface area contributed by atoms with Gasteiger partial charge in [0.25, 0.3) is 0 Å². The highest BCUT2D eigenvalue weighted by Crippen LogP contribution is 2.30. The molecule has 19 heavy (non-hydrogen) atoms. The molecule has 0 spiro atoms. The van der Waals surface area contributed by atoms with Crippen molar-refractivity contribution in [1.29, 1.82) is 0 Å². The van der Waals surface area contributed by atoms with Gasteiger partial charge in [0, 0.05) is 12.0 Å². The van der Waals surface area contributed by atoms with Gasteiger partial charge in [0.15, 0.2) is 5.16 Å². The van der Waals surface area contributed by atoms with Crippen LogP contribution in [0.2, 0.25) is 0 Å². The van der Waals surface area contributed by atoms with Crippen molar-refractivity contribution in [2.75, 3.05) is 12.4 Å². The van der Waals surface area contributed by atoms with Crippen molar-refractivity contribution in [2.45, 2.75) is 45.0 Å². The average molecular weight is 397 g/mol. The molecule has 0 bridgehead atoms. The molecule has 0 saturated carbocycles. The van der Waals surface area contributed by atoms with Crippen molar-refractivity contribution in [3.8, 4) is 0 Å². The van der Waals surface area contributed by atoms with Gasteiger partial charge in [-0.3, -0.25) is 9.36 Å². The highest BCUT2D eigenvalue weighted by atomic mass is 127. The molecule has 0 atom stereocenters. The fourth-order valence-electron chi connectivity index (χ4n) is 1.43. The molecule has 5 nitrogen and oxygen atoms in total. The van der Waals surface area contributed by atoms with E-state index in [0.717, 1.165) is 14.6 Å². The maximum atomic E-state index is 10.9. The number of nitrogens with zero attached hydrogens (tertiary/aromatic N) is 2. The van der Waals surface area contributed by atoms with Crippen LogP contribution < -0.4 is 5.73 Å². The Kier molecular flexibility index (Phi) is 6.13. The summed E-state index contributed by atoms with van der Waals surface area (Å²) in [6.45, 7) is 9.38. The maximum absolute atomic E-state index is 10.9. The Labute approximate surface area is 131 Å². The molecule has 0 aliphatic carbocycles. The molecular weight excluding hydrogens is 377 g/mol. The van der Waals surface area contributed by atoms with Crippen LogP contribution in [0.3, 0.4) is 0 Å². The van der Waals surface area contributed by atoms with Gasteiger partial charge in [0.2, 0.25) is 5.91 Å². The maximum Gasteiger partial charge on any atom is 0.227 e. The van der Waals surface area contributed by atoms with Crippen LogP contribution in [0.25, 0.3) is 0 Å². The quantitative estimate of drug-likeness (QED) is 0.591. The first-order valence-corrected chi connectivity index (χ1v) is 8.09. The third-order valence-corrected chi connectivity index (χ3v) is 4.44. The van der Waals surface area contributed by atoms with Crippen molar-refractivity contribution in [3.63, 3.8) is 0 Å². The number of aromatic nitrogens is 2. The van der Waals surface area contributed by atoms with Crippen LogP contribution in [0.4, 0.5) is 0 Å². The van der Waals surface area contributed by atoms with Gasteiger partial charge in [-0.05, 0) is 29.5 Å². The molecule has 1 amide bonds. The minimum Gasteiger partial charge on any atom is -0.369 e. The van der Waals surface area contributed by atoms with E-state index in [1.807, 2.05) is 11.5 Å². The third-order valence-electron chi connectivity index (χ3n) is 2.35. The third kappa shape index (κ3) is 4.64. The van der Waals surface area contributed by atoms with Crippen molar-refractivity contribution >= 4 is 40.3 Å². The van der Waals surface area contributed by atoms with E-state index in [0.29, 0.717) is 13.3 Å². The smallest absolute Gasteiger partial charge is 0.227 e. The van der Waals surface area contributed by atoms with E-state index in [9.17, 15) is 4.79 Å². The van der Waals surface area contributed by atoms with Gasteiger partial charge in [-0.2, -0.15) is 0 Å². The molecule has 2 N–H and O–H groups in total. The number of imidazole rings is 1. The van der Waals surface area contributed by atoms with Crippen LogP contribution in [0.1, 0.15) is 33.4 Å². The fraction of sp³-hybridized carbons (Fsp3) is 0.667. The first-order chi connectivity index (χ1) is 8.77. The zero-order chi connectivity index (χ0) is 14.6. The van der Waals surface area contributed by atoms with Gasteiger partial charge >= 0.3 is 0 Å². The molecule has 0 unspecified atom stereocenters. The molecule has 1 aromatic heterocycles. The Balaban J connectivity index is 3.08. The number of amides is 1. The highest BCUT2D eigenvalue weighted by molar-refractivity contribution is 14.1. The Morgan fingerprint density at radius 3 is 2.63 bits per heavy atom. The summed E-state index contributed by atoms with van der Waals surface area (Å²) in [6, 6.07) is 0. The largest absolute Gasteiger partial charge is 0.369 e. The normalized spacial score (nSPS) is 11.8. The molecule has 7 heteroatoms. The lowest BCUT2D eigenvalue weighted by Gasteiger charge is -2.16. The van der Waals surface area contributed by atoms with Crippen molar-refractivity contribution in [3.05, 3.63) is 9.39 Å². The monoisotopic (exact) mass is 397 g/mol. The number of halogens is 1. The molecule has 0 radical (unpaired) electrons.